The molecule has 1 aliphatic carbocycles. The monoisotopic (exact) mass is 353 g/mol. The van der Waals surface area contributed by atoms with Gasteiger partial charge in [0.2, 0.25) is 0 Å². The normalized spacial score (nSPS) is 21.1. The van der Waals surface area contributed by atoms with Crippen LogP contribution in [0.3, 0.4) is 0 Å². The number of carbonyl (C=O) groups is 2. The predicted octanol–water partition coefficient (Wildman–Crippen LogP) is 1.94. The summed E-state index contributed by atoms with van der Waals surface area (Å²) in [5, 5.41) is 2.91. The fraction of sp³-hybridized carbons (Fsp3) is 0.529. The van der Waals surface area contributed by atoms with Gasteiger partial charge in [-0.2, -0.15) is 0 Å². The first-order valence-electron chi connectivity index (χ1n) is 8.04. The molecule has 0 saturated heterocycles. The van der Waals surface area contributed by atoms with Crippen molar-refractivity contribution in [2.24, 2.45) is 5.92 Å². The molecule has 132 valence electrons. The Morgan fingerprint density at radius 1 is 1.17 bits per heavy atom. The minimum atomic E-state index is -3.31. The molecule has 6 nitrogen and oxygen atoms in total. The van der Waals surface area contributed by atoms with E-state index < -0.39 is 15.8 Å². The van der Waals surface area contributed by atoms with E-state index in [1.54, 1.807) is 0 Å². The first-order valence-corrected chi connectivity index (χ1v) is 9.93. The van der Waals surface area contributed by atoms with Crippen LogP contribution in [0, 0.1) is 5.92 Å². The number of hydrogen-bond acceptors (Lipinski definition) is 5. The molecule has 24 heavy (non-hydrogen) atoms. The van der Waals surface area contributed by atoms with Crippen LogP contribution in [0.5, 0.6) is 0 Å². The summed E-state index contributed by atoms with van der Waals surface area (Å²) in [6, 6.07) is 5.57. The molecular weight excluding hydrogens is 330 g/mol. The number of benzene rings is 1. The van der Waals surface area contributed by atoms with Gasteiger partial charge in [-0.3, -0.25) is 4.79 Å². The Balaban J connectivity index is 1.85. The number of sulfone groups is 1. The molecule has 1 N–H and O–H groups in total. The molecule has 7 heteroatoms. The lowest BCUT2D eigenvalue weighted by molar-refractivity contribution is -0.125. The van der Waals surface area contributed by atoms with E-state index in [9.17, 15) is 18.0 Å². The Bertz CT molecular complexity index is 696. The number of ether oxygens (including phenoxy) is 1. The van der Waals surface area contributed by atoms with Crippen molar-refractivity contribution in [3.05, 3.63) is 29.8 Å². The molecule has 0 heterocycles. The average Bonchev–Trinajstić information content (AvgIpc) is 2.54. The minimum Gasteiger partial charge on any atom is -0.452 e. The molecular formula is C17H23NO5S. The van der Waals surface area contributed by atoms with E-state index in [-0.39, 0.29) is 29.0 Å². The van der Waals surface area contributed by atoms with E-state index >= 15 is 0 Å². The summed E-state index contributed by atoms with van der Waals surface area (Å²) < 4.78 is 27.7. The van der Waals surface area contributed by atoms with Crippen molar-refractivity contribution in [2.45, 2.75) is 43.5 Å². The maximum atomic E-state index is 11.9. The lowest BCUT2D eigenvalue weighted by Crippen LogP contribution is -2.42. The van der Waals surface area contributed by atoms with Crippen LogP contribution in [0.1, 0.15) is 43.0 Å². The highest BCUT2D eigenvalue weighted by atomic mass is 32.2. The number of nitrogens with one attached hydrogen (secondary N) is 1. The van der Waals surface area contributed by atoms with Crippen molar-refractivity contribution in [2.75, 3.05) is 12.9 Å². The van der Waals surface area contributed by atoms with E-state index in [0.29, 0.717) is 5.92 Å². The van der Waals surface area contributed by atoms with Crippen LogP contribution in [0.15, 0.2) is 29.2 Å². The van der Waals surface area contributed by atoms with Gasteiger partial charge in [0.25, 0.3) is 5.91 Å². The third-order valence-corrected chi connectivity index (χ3v) is 5.44. The van der Waals surface area contributed by atoms with Crippen molar-refractivity contribution in [1.82, 2.24) is 5.32 Å². The molecule has 0 aromatic heterocycles. The maximum absolute atomic E-state index is 11.9. The molecule has 1 aromatic carbocycles. The van der Waals surface area contributed by atoms with Gasteiger partial charge < -0.3 is 10.1 Å². The van der Waals surface area contributed by atoms with Gasteiger partial charge in [0.05, 0.1) is 10.5 Å². The van der Waals surface area contributed by atoms with Crippen molar-refractivity contribution in [1.29, 1.82) is 0 Å². The van der Waals surface area contributed by atoms with E-state index in [4.69, 9.17) is 4.74 Å². The quantitative estimate of drug-likeness (QED) is 0.817. The van der Waals surface area contributed by atoms with Gasteiger partial charge >= 0.3 is 5.97 Å². The van der Waals surface area contributed by atoms with Gasteiger partial charge in [-0.1, -0.05) is 19.8 Å². The van der Waals surface area contributed by atoms with Gasteiger partial charge in [-0.15, -0.1) is 0 Å². The number of amides is 1. The summed E-state index contributed by atoms with van der Waals surface area (Å²) in [6.45, 7) is 1.77. The van der Waals surface area contributed by atoms with Crippen LogP contribution in [0.4, 0.5) is 0 Å². The second-order valence-corrected chi connectivity index (χ2v) is 8.32. The summed E-state index contributed by atoms with van der Waals surface area (Å²) in [4.78, 5) is 24.0. The van der Waals surface area contributed by atoms with Crippen molar-refractivity contribution in [3.63, 3.8) is 0 Å². The van der Waals surface area contributed by atoms with Gasteiger partial charge in [0, 0.05) is 12.3 Å². The zero-order valence-electron chi connectivity index (χ0n) is 13.9. The largest absolute Gasteiger partial charge is 0.452 e. The third kappa shape index (κ3) is 5.06. The van der Waals surface area contributed by atoms with Crippen LogP contribution in [0.25, 0.3) is 0 Å². The van der Waals surface area contributed by atoms with Gasteiger partial charge in [-0.05, 0) is 43.0 Å². The first kappa shape index (κ1) is 18.4. The molecule has 2 atom stereocenters. The van der Waals surface area contributed by atoms with Crippen LogP contribution >= 0.6 is 0 Å². The molecule has 0 unspecified atom stereocenters. The summed E-state index contributed by atoms with van der Waals surface area (Å²) in [5.41, 5.74) is 0.209. The first-order chi connectivity index (χ1) is 11.3. The zero-order chi connectivity index (χ0) is 17.7. The van der Waals surface area contributed by atoms with Crippen molar-refractivity contribution >= 4 is 21.7 Å². The summed E-state index contributed by atoms with van der Waals surface area (Å²) in [7, 11) is -3.31. The van der Waals surface area contributed by atoms with Gasteiger partial charge in [-0.25, -0.2) is 13.2 Å². The second-order valence-electron chi connectivity index (χ2n) is 6.31. The molecule has 0 spiro atoms. The molecule has 0 aliphatic heterocycles. The SMILES string of the molecule is C[C@@H]1CCCC[C@@H]1NC(=O)COC(=O)c1ccc(S(C)(=O)=O)cc1. The molecule has 1 saturated carbocycles. The highest BCUT2D eigenvalue weighted by molar-refractivity contribution is 7.90. The predicted molar refractivity (Wildman–Crippen MR) is 89.4 cm³/mol. The van der Waals surface area contributed by atoms with Gasteiger partial charge in [0.15, 0.2) is 16.4 Å². The fourth-order valence-electron chi connectivity index (χ4n) is 2.83. The van der Waals surface area contributed by atoms with Crippen LogP contribution < -0.4 is 5.32 Å². The van der Waals surface area contributed by atoms with Crippen LogP contribution in [-0.4, -0.2) is 39.2 Å². The smallest absolute Gasteiger partial charge is 0.338 e. The standard InChI is InChI=1S/C17H23NO5S/c1-12-5-3-4-6-15(12)18-16(19)11-23-17(20)13-7-9-14(10-8-13)24(2,21)22/h7-10,12,15H,3-6,11H2,1-2H3,(H,18,19)/t12-,15+/m1/s1. The summed E-state index contributed by atoms with van der Waals surface area (Å²) in [6.07, 6.45) is 5.43. The molecule has 1 fully saturated rings. The Morgan fingerprint density at radius 3 is 2.38 bits per heavy atom. The molecule has 0 radical (unpaired) electrons. The fourth-order valence-corrected chi connectivity index (χ4v) is 3.46. The number of hydrogen-bond donors (Lipinski definition) is 1. The lowest BCUT2D eigenvalue weighted by atomic mass is 9.86. The lowest BCUT2D eigenvalue weighted by Gasteiger charge is -2.29. The maximum Gasteiger partial charge on any atom is 0.338 e. The highest BCUT2D eigenvalue weighted by Crippen LogP contribution is 2.23. The van der Waals surface area contributed by atoms with Crippen LogP contribution in [0.2, 0.25) is 0 Å². The minimum absolute atomic E-state index is 0.128. The molecule has 1 aliphatic rings. The Labute approximate surface area is 142 Å². The molecule has 2 rings (SSSR count). The van der Waals surface area contributed by atoms with Gasteiger partial charge in [0.1, 0.15) is 0 Å². The zero-order valence-corrected chi connectivity index (χ0v) is 14.8. The summed E-state index contributed by atoms with van der Waals surface area (Å²) >= 11 is 0. The molecule has 1 aromatic rings. The number of esters is 1. The summed E-state index contributed by atoms with van der Waals surface area (Å²) in [5.74, 6) is -0.529. The Morgan fingerprint density at radius 2 is 1.79 bits per heavy atom. The topological polar surface area (TPSA) is 89.5 Å². The Hall–Kier alpha value is -1.89. The van der Waals surface area contributed by atoms with Crippen molar-refractivity contribution < 1.29 is 22.7 Å². The second kappa shape index (κ2) is 7.79. The number of carbonyl (C=O) groups excluding carboxylic acids is 2. The van der Waals surface area contributed by atoms with Crippen molar-refractivity contribution in [3.8, 4) is 0 Å². The van der Waals surface area contributed by atoms with E-state index in [1.165, 1.54) is 30.7 Å². The molecule has 1 amide bonds. The van der Waals surface area contributed by atoms with E-state index in [0.717, 1.165) is 25.5 Å². The third-order valence-electron chi connectivity index (χ3n) is 4.31. The van der Waals surface area contributed by atoms with E-state index in [1.807, 2.05) is 0 Å². The highest BCUT2D eigenvalue weighted by Gasteiger charge is 2.23. The molecule has 0 bridgehead atoms. The number of rotatable bonds is 5. The Kier molecular flexibility index (Phi) is 5.99. The van der Waals surface area contributed by atoms with E-state index in [2.05, 4.69) is 12.2 Å². The van der Waals surface area contributed by atoms with Crippen LogP contribution in [-0.2, 0) is 19.4 Å². The average molecular weight is 353 g/mol.